The van der Waals surface area contributed by atoms with Crippen LogP contribution >= 0.6 is 0 Å². The van der Waals surface area contributed by atoms with Crippen molar-refractivity contribution in [1.82, 2.24) is 10.2 Å². The monoisotopic (exact) mass is 340 g/mol. The molecule has 2 aromatic rings. The standard InChI is InChI=1S/C20H24N2O3/c23-18-11-17(22(14-18)13-15-7-3-1-4-8-15)12-21-20(25)19(24)16-9-5-2-6-10-16/h1-10,17-19,23-24H,11-14H2,(H,21,25)/t17-,18+,19+/m0/s1. The first kappa shape index (κ1) is 17.6. The SMILES string of the molecule is O=C(NC[C@@H]1C[C@@H](O)CN1Cc1ccccc1)[C@H](O)c1ccccc1. The lowest BCUT2D eigenvalue weighted by Gasteiger charge is -2.25. The summed E-state index contributed by atoms with van der Waals surface area (Å²) in [6.07, 6.45) is -0.936. The Hall–Kier alpha value is -2.21. The molecule has 5 heteroatoms. The third kappa shape index (κ3) is 4.66. The molecule has 1 aliphatic rings. The molecule has 5 nitrogen and oxygen atoms in total. The Balaban J connectivity index is 1.56. The summed E-state index contributed by atoms with van der Waals surface area (Å²) in [4.78, 5) is 14.4. The van der Waals surface area contributed by atoms with E-state index in [2.05, 4.69) is 22.3 Å². The lowest BCUT2D eigenvalue weighted by atomic mass is 10.1. The number of benzene rings is 2. The van der Waals surface area contributed by atoms with Gasteiger partial charge in [0.1, 0.15) is 0 Å². The quantitative estimate of drug-likeness (QED) is 0.745. The number of likely N-dealkylation sites (tertiary alicyclic amines) is 1. The number of carbonyl (C=O) groups is 1. The van der Waals surface area contributed by atoms with E-state index in [4.69, 9.17) is 0 Å². The topological polar surface area (TPSA) is 72.8 Å². The summed E-state index contributed by atoms with van der Waals surface area (Å²) in [5.74, 6) is -0.410. The molecule has 1 fully saturated rings. The number of aliphatic hydroxyl groups is 2. The van der Waals surface area contributed by atoms with E-state index in [1.165, 1.54) is 5.56 Å². The van der Waals surface area contributed by atoms with Gasteiger partial charge < -0.3 is 15.5 Å². The molecule has 0 bridgehead atoms. The Morgan fingerprint density at radius 2 is 1.76 bits per heavy atom. The van der Waals surface area contributed by atoms with Gasteiger partial charge in [0, 0.05) is 25.7 Å². The van der Waals surface area contributed by atoms with E-state index < -0.39 is 12.0 Å². The number of β-amino-alcohol motifs (C(OH)–C–C–N with tert-alkyl or cyclic N) is 1. The van der Waals surface area contributed by atoms with Crippen LogP contribution in [0.25, 0.3) is 0 Å². The predicted octanol–water partition coefficient (Wildman–Crippen LogP) is 1.47. The van der Waals surface area contributed by atoms with Crippen molar-refractivity contribution >= 4 is 5.91 Å². The summed E-state index contributed by atoms with van der Waals surface area (Å²) in [6.45, 7) is 1.74. The van der Waals surface area contributed by atoms with E-state index in [-0.39, 0.29) is 12.1 Å². The van der Waals surface area contributed by atoms with Gasteiger partial charge in [-0.15, -0.1) is 0 Å². The van der Waals surface area contributed by atoms with Crippen LogP contribution < -0.4 is 5.32 Å². The summed E-state index contributed by atoms with van der Waals surface area (Å²) in [5, 5.41) is 23.0. The summed E-state index contributed by atoms with van der Waals surface area (Å²) < 4.78 is 0. The fourth-order valence-corrected chi connectivity index (χ4v) is 3.28. The molecule has 0 radical (unpaired) electrons. The van der Waals surface area contributed by atoms with Crippen molar-refractivity contribution < 1.29 is 15.0 Å². The first-order valence-electron chi connectivity index (χ1n) is 8.60. The van der Waals surface area contributed by atoms with Crippen molar-refractivity contribution in [2.45, 2.75) is 31.2 Å². The van der Waals surface area contributed by atoms with E-state index in [0.29, 0.717) is 25.1 Å². The van der Waals surface area contributed by atoms with Gasteiger partial charge in [-0.1, -0.05) is 60.7 Å². The molecule has 25 heavy (non-hydrogen) atoms. The Kier molecular flexibility index (Phi) is 5.81. The molecule has 0 spiro atoms. The van der Waals surface area contributed by atoms with Gasteiger partial charge in [0.15, 0.2) is 6.10 Å². The second kappa shape index (κ2) is 8.25. The largest absolute Gasteiger partial charge is 0.392 e. The lowest BCUT2D eigenvalue weighted by Crippen LogP contribution is -2.41. The number of hydrogen-bond acceptors (Lipinski definition) is 4. The lowest BCUT2D eigenvalue weighted by molar-refractivity contribution is -0.129. The van der Waals surface area contributed by atoms with Crippen LogP contribution in [-0.2, 0) is 11.3 Å². The third-order valence-electron chi connectivity index (χ3n) is 4.61. The minimum atomic E-state index is -1.17. The average Bonchev–Trinajstić information content (AvgIpc) is 3.00. The molecule has 1 aliphatic heterocycles. The first-order chi connectivity index (χ1) is 12.1. The van der Waals surface area contributed by atoms with E-state index >= 15 is 0 Å². The van der Waals surface area contributed by atoms with Crippen molar-refractivity contribution in [2.75, 3.05) is 13.1 Å². The highest BCUT2D eigenvalue weighted by Gasteiger charge is 2.31. The second-order valence-electron chi connectivity index (χ2n) is 6.52. The van der Waals surface area contributed by atoms with Crippen LogP contribution in [0.2, 0.25) is 0 Å². The van der Waals surface area contributed by atoms with Crippen LogP contribution in [-0.4, -0.2) is 46.3 Å². The molecule has 3 N–H and O–H groups in total. The Labute approximate surface area is 147 Å². The maximum absolute atomic E-state index is 12.2. The second-order valence-corrected chi connectivity index (χ2v) is 6.52. The van der Waals surface area contributed by atoms with Crippen LogP contribution in [0.3, 0.4) is 0 Å². The summed E-state index contributed by atoms with van der Waals surface area (Å²) in [5.41, 5.74) is 1.75. The van der Waals surface area contributed by atoms with Crippen molar-refractivity contribution in [3.8, 4) is 0 Å². The molecule has 1 saturated heterocycles. The maximum Gasteiger partial charge on any atom is 0.253 e. The van der Waals surface area contributed by atoms with Crippen LogP contribution in [0.1, 0.15) is 23.7 Å². The Morgan fingerprint density at radius 1 is 1.12 bits per heavy atom. The van der Waals surface area contributed by atoms with Gasteiger partial charge in [-0.05, 0) is 17.5 Å². The van der Waals surface area contributed by atoms with E-state index in [1.54, 1.807) is 24.3 Å². The number of hydrogen-bond donors (Lipinski definition) is 3. The molecular formula is C20H24N2O3. The minimum Gasteiger partial charge on any atom is -0.392 e. The summed E-state index contributed by atoms with van der Waals surface area (Å²) in [7, 11) is 0. The van der Waals surface area contributed by atoms with E-state index in [0.717, 1.165) is 6.54 Å². The molecule has 1 amide bonds. The fraction of sp³-hybridized carbons (Fsp3) is 0.350. The van der Waals surface area contributed by atoms with Crippen molar-refractivity contribution in [2.24, 2.45) is 0 Å². The predicted molar refractivity (Wildman–Crippen MR) is 95.7 cm³/mol. The highest BCUT2D eigenvalue weighted by Crippen LogP contribution is 2.20. The summed E-state index contributed by atoms with van der Waals surface area (Å²) >= 11 is 0. The van der Waals surface area contributed by atoms with E-state index in [9.17, 15) is 15.0 Å². The molecule has 1 heterocycles. The van der Waals surface area contributed by atoms with Gasteiger partial charge in [0.2, 0.25) is 0 Å². The molecular weight excluding hydrogens is 316 g/mol. The number of rotatable bonds is 6. The van der Waals surface area contributed by atoms with Crippen molar-refractivity contribution in [3.63, 3.8) is 0 Å². The molecule has 0 saturated carbocycles. The van der Waals surface area contributed by atoms with Gasteiger partial charge >= 0.3 is 0 Å². The Morgan fingerprint density at radius 3 is 2.44 bits per heavy atom. The van der Waals surface area contributed by atoms with Gasteiger partial charge in [0.05, 0.1) is 6.10 Å². The highest BCUT2D eigenvalue weighted by molar-refractivity contribution is 5.81. The number of amides is 1. The third-order valence-corrected chi connectivity index (χ3v) is 4.61. The fourth-order valence-electron chi connectivity index (χ4n) is 3.28. The van der Waals surface area contributed by atoms with E-state index in [1.807, 2.05) is 24.3 Å². The summed E-state index contributed by atoms with van der Waals surface area (Å²) in [6, 6.07) is 19.0. The van der Waals surface area contributed by atoms with Crippen LogP contribution in [0.5, 0.6) is 0 Å². The van der Waals surface area contributed by atoms with Gasteiger partial charge in [-0.3, -0.25) is 9.69 Å². The number of aliphatic hydroxyl groups excluding tert-OH is 2. The van der Waals surface area contributed by atoms with Crippen LogP contribution in [0.4, 0.5) is 0 Å². The van der Waals surface area contributed by atoms with Crippen LogP contribution in [0.15, 0.2) is 60.7 Å². The first-order valence-corrected chi connectivity index (χ1v) is 8.60. The molecule has 3 atom stereocenters. The smallest absolute Gasteiger partial charge is 0.253 e. The molecule has 2 aromatic carbocycles. The van der Waals surface area contributed by atoms with Crippen LogP contribution in [0, 0.1) is 0 Å². The Bertz CT molecular complexity index is 678. The molecule has 0 aromatic heterocycles. The molecule has 132 valence electrons. The molecule has 3 rings (SSSR count). The highest BCUT2D eigenvalue weighted by atomic mass is 16.3. The molecule has 0 unspecified atom stereocenters. The number of carbonyl (C=O) groups excluding carboxylic acids is 1. The van der Waals surface area contributed by atoms with Crippen molar-refractivity contribution in [1.29, 1.82) is 0 Å². The average molecular weight is 340 g/mol. The zero-order valence-electron chi connectivity index (χ0n) is 14.1. The number of nitrogens with one attached hydrogen (secondary N) is 1. The molecule has 0 aliphatic carbocycles. The van der Waals surface area contributed by atoms with Gasteiger partial charge in [-0.25, -0.2) is 0 Å². The zero-order valence-corrected chi connectivity index (χ0v) is 14.1. The number of nitrogens with zero attached hydrogens (tertiary/aromatic N) is 1. The minimum absolute atomic E-state index is 0.0575. The van der Waals surface area contributed by atoms with Crippen molar-refractivity contribution in [3.05, 3.63) is 71.8 Å². The normalized spacial score (nSPS) is 21.8. The van der Waals surface area contributed by atoms with Gasteiger partial charge in [-0.2, -0.15) is 0 Å². The maximum atomic E-state index is 12.2. The zero-order chi connectivity index (χ0) is 17.6. The van der Waals surface area contributed by atoms with Gasteiger partial charge in [0.25, 0.3) is 5.91 Å².